The highest BCUT2D eigenvalue weighted by atomic mass is 16.5. The Morgan fingerprint density at radius 2 is 1.37 bits per heavy atom. The first kappa shape index (κ1) is 20.6. The van der Waals surface area contributed by atoms with Gasteiger partial charge in [-0.3, -0.25) is 4.79 Å². The SMILES string of the molecule is CC(C)(C)Oc1ccc(/C=C/C(=O)c2ccc(OC(C)(C)C)cc2O)cc1. The average Bonchev–Trinajstić information content (AvgIpc) is 2.51. The van der Waals surface area contributed by atoms with Crippen LogP contribution in [-0.2, 0) is 0 Å². The zero-order valence-electron chi connectivity index (χ0n) is 16.9. The molecular weight excluding hydrogens is 340 g/mol. The van der Waals surface area contributed by atoms with Gasteiger partial charge in [0.15, 0.2) is 5.78 Å². The number of ether oxygens (including phenoxy) is 2. The number of rotatable bonds is 5. The van der Waals surface area contributed by atoms with E-state index >= 15 is 0 Å². The van der Waals surface area contributed by atoms with E-state index in [1.807, 2.05) is 65.8 Å². The predicted octanol–water partition coefficient (Wildman–Crippen LogP) is 5.64. The van der Waals surface area contributed by atoms with E-state index < -0.39 is 0 Å². The molecule has 0 bridgehead atoms. The van der Waals surface area contributed by atoms with Gasteiger partial charge in [0.2, 0.25) is 0 Å². The summed E-state index contributed by atoms with van der Waals surface area (Å²) in [7, 11) is 0. The Balaban J connectivity index is 2.08. The number of hydrogen-bond donors (Lipinski definition) is 1. The third-order valence-corrected chi connectivity index (χ3v) is 3.39. The number of phenolic OH excluding ortho intramolecular Hbond substituents is 1. The van der Waals surface area contributed by atoms with E-state index in [2.05, 4.69) is 0 Å². The Hall–Kier alpha value is -2.75. The Labute approximate surface area is 161 Å². The van der Waals surface area contributed by atoms with Crippen molar-refractivity contribution < 1.29 is 19.4 Å². The quantitative estimate of drug-likeness (QED) is 0.548. The summed E-state index contributed by atoms with van der Waals surface area (Å²) in [6, 6.07) is 12.2. The molecule has 27 heavy (non-hydrogen) atoms. The third kappa shape index (κ3) is 6.81. The lowest BCUT2D eigenvalue weighted by molar-refractivity contribution is 0.104. The van der Waals surface area contributed by atoms with Crippen molar-refractivity contribution in [2.24, 2.45) is 0 Å². The van der Waals surface area contributed by atoms with Crippen LogP contribution in [0.25, 0.3) is 6.08 Å². The fraction of sp³-hybridized carbons (Fsp3) is 0.348. The molecule has 0 unspecified atom stereocenters. The lowest BCUT2D eigenvalue weighted by Crippen LogP contribution is -2.22. The van der Waals surface area contributed by atoms with Gasteiger partial charge in [0, 0.05) is 6.07 Å². The number of allylic oxidation sites excluding steroid dienone is 1. The molecule has 0 atom stereocenters. The molecule has 2 rings (SSSR count). The monoisotopic (exact) mass is 368 g/mol. The van der Waals surface area contributed by atoms with Crippen LogP contribution in [0.5, 0.6) is 17.2 Å². The number of carbonyl (C=O) groups excluding carboxylic acids is 1. The first-order valence-electron chi connectivity index (χ1n) is 8.96. The predicted molar refractivity (Wildman–Crippen MR) is 109 cm³/mol. The summed E-state index contributed by atoms with van der Waals surface area (Å²) in [6.07, 6.45) is 3.15. The maximum Gasteiger partial charge on any atom is 0.189 e. The minimum Gasteiger partial charge on any atom is -0.507 e. The van der Waals surface area contributed by atoms with E-state index in [4.69, 9.17) is 9.47 Å². The van der Waals surface area contributed by atoms with Crippen molar-refractivity contribution in [2.75, 3.05) is 0 Å². The molecule has 0 radical (unpaired) electrons. The maximum absolute atomic E-state index is 12.4. The molecule has 0 saturated carbocycles. The Kier molecular flexibility index (Phi) is 5.99. The summed E-state index contributed by atoms with van der Waals surface area (Å²) in [5, 5.41) is 10.1. The zero-order valence-corrected chi connectivity index (χ0v) is 16.9. The van der Waals surface area contributed by atoms with Crippen molar-refractivity contribution in [3.8, 4) is 17.2 Å². The lowest BCUT2D eigenvalue weighted by atomic mass is 10.1. The second-order valence-corrected chi connectivity index (χ2v) is 8.37. The number of hydrogen-bond acceptors (Lipinski definition) is 4. The molecule has 4 nitrogen and oxygen atoms in total. The number of carbonyl (C=O) groups is 1. The van der Waals surface area contributed by atoms with Gasteiger partial charge in [-0.25, -0.2) is 0 Å². The minimum absolute atomic E-state index is 0.0969. The van der Waals surface area contributed by atoms with Crippen LogP contribution < -0.4 is 9.47 Å². The van der Waals surface area contributed by atoms with Crippen LogP contribution in [0, 0.1) is 0 Å². The third-order valence-electron chi connectivity index (χ3n) is 3.39. The number of ketones is 1. The standard InChI is InChI=1S/C23H28O4/c1-22(2,3)26-17-10-7-16(8-11-17)9-14-20(24)19-13-12-18(15-21(19)25)27-23(4,5)6/h7-15,25H,1-6H3/b14-9+. The molecule has 0 spiro atoms. The van der Waals surface area contributed by atoms with Crippen molar-refractivity contribution in [1.29, 1.82) is 0 Å². The molecule has 0 fully saturated rings. The number of aromatic hydroxyl groups is 1. The van der Waals surface area contributed by atoms with Crippen molar-refractivity contribution in [2.45, 2.75) is 52.7 Å². The Morgan fingerprint density at radius 3 is 1.89 bits per heavy atom. The van der Waals surface area contributed by atoms with Gasteiger partial charge < -0.3 is 14.6 Å². The molecule has 4 heteroatoms. The Morgan fingerprint density at radius 1 is 0.852 bits per heavy atom. The molecule has 0 amide bonds. The molecule has 0 aromatic heterocycles. The highest BCUT2D eigenvalue weighted by molar-refractivity contribution is 6.08. The van der Waals surface area contributed by atoms with Crippen molar-refractivity contribution in [3.63, 3.8) is 0 Å². The van der Waals surface area contributed by atoms with Crippen molar-refractivity contribution in [3.05, 3.63) is 59.7 Å². The first-order chi connectivity index (χ1) is 12.4. The zero-order chi connectivity index (χ0) is 20.2. The molecule has 144 valence electrons. The maximum atomic E-state index is 12.4. The summed E-state index contributed by atoms with van der Waals surface area (Å²) in [6.45, 7) is 11.7. The first-order valence-corrected chi connectivity index (χ1v) is 8.96. The second kappa shape index (κ2) is 7.87. The molecule has 0 aliphatic rings. The summed E-state index contributed by atoms with van der Waals surface area (Å²) >= 11 is 0. The van der Waals surface area contributed by atoms with Gasteiger partial charge in [0.1, 0.15) is 28.5 Å². The molecule has 1 N–H and O–H groups in total. The molecule has 2 aromatic rings. The highest BCUT2D eigenvalue weighted by Crippen LogP contribution is 2.27. The highest BCUT2D eigenvalue weighted by Gasteiger charge is 2.15. The molecule has 2 aromatic carbocycles. The van der Waals surface area contributed by atoms with E-state index in [1.165, 1.54) is 12.1 Å². The lowest BCUT2D eigenvalue weighted by Gasteiger charge is -2.21. The van der Waals surface area contributed by atoms with Gasteiger partial charge in [-0.2, -0.15) is 0 Å². The fourth-order valence-corrected chi connectivity index (χ4v) is 2.40. The van der Waals surface area contributed by atoms with Crippen LogP contribution in [0.4, 0.5) is 0 Å². The summed E-state index contributed by atoms with van der Waals surface area (Å²) < 4.78 is 11.5. The Bertz CT molecular complexity index is 819. The van der Waals surface area contributed by atoms with Gasteiger partial charge in [-0.1, -0.05) is 18.2 Å². The van der Waals surface area contributed by atoms with E-state index in [1.54, 1.807) is 18.2 Å². The van der Waals surface area contributed by atoms with Gasteiger partial charge in [0.25, 0.3) is 0 Å². The van der Waals surface area contributed by atoms with E-state index in [0.29, 0.717) is 5.75 Å². The van der Waals surface area contributed by atoms with E-state index in [0.717, 1.165) is 11.3 Å². The molecule has 0 aliphatic carbocycles. The summed E-state index contributed by atoms with van der Waals surface area (Å²) in [5.74, 6) is 0.929. The normalized spacial score (nSPS) is 12.2. The molecule has 0 aliphatic heterocycles. The van der Waals surface area contributed by atoms with Crippen molar-refractivity contribution >= 4 is 11.9 Å². The molecular formula is C23H28O4. The van der Waals surface area contributed by atoms with Crippen LogP contribution in [0.15, 0.2) is 48.5 Å². The smallest absolute Gasteiger partial charge is 0.189 e. The minimum atomic E-state index is -0.374. The van der Waals surface area contributed by atoms with Crippen LogP contribution in [0.3, 0.4) is 0 Å². The molecule has 0 heterocycles. The average molecular weight is 368 g/mol. The van der Waals surface area contributed by atoms with Crippen LogP contribution in [-0.4, -0.2) is 22.1 Å². The number of benzene rings is 2. The fourth-order valence-electron chi connectivity index (χ4n) is 2.40. The van der Waals surface area contributed by atoms with Gasteiger partial charge in [0.05, 0.1) is 5.56 Å². The van der Waals surface area contributed by atoms with Gasteiger partial charge in [-0.05, 0) is 77.4 Å². The second-order valence-electron chi connectivity index (χ2n) is 8.37. The summed E-state index contributed by atoms with van der Waals surface area (Å²) in [5.41, 5.74) is 0.478. The summed E-state index contributed by atoms with van der Waals surface area (Å²) in [4.78, 5) is 12.4. The topological polar surface area (TPSA) is 55.8 Å². The molecule has 0 saturated heterocycles. The van der Waals surface area contributed by atoms with Gasteiger partial charge >= 0.3 is 0 Å². The van der Waals surface area contributed by atoms with E-state index in [-0.39, 0.29) is 28.3 Å². The largest absolute Gasteiger partial charge is 0.507 e. The van der Waals surface area contributed by atoms with Crippen molar-refractivity contribution in [1.82, 2.24) is 0 Å². The number of phenols is 1. The van der Waals surface area contributed by atoms with Gasteiger partial charge in [-0.15, -0.1) is 0 Å². The van der Waals surface area contributed by atoms with Crippen LogP contribution >= 0.6 is 0 Å². The van der Waals surface area contributed by atoms with Crippen LogP contribution in [0.2, 0.25) is 0 Å². The van der Waals surface area contributed by atoms with Crippen LogP contribution in [0.1, 0.15) is 57.5 Å². The van der Waals surface area contributed by atoms with E-state index in [9.17, 15) is 9.90 Å².